The molecule has 0 radical (unpaired) electrons. The molecule has 0 nitrogen and oxygen atoms in total. The highest BCUT2D eigenvalue weighted by atomic mass is 19.1. The number of rotatable bonds is 1. The van der Waals surface area contributed by atoms with Gasteiger partial charge in [-0.1, -0.05) is 29.7 Å². The third-order valence-electron chi connectivity index (χ3n) is 2.33. The minimum Gasteiger partial charge on any atom is -0.208 e. The zero-order valence-electron chi connectivity index (χ0n) is 8.30. The maximum Gasteiger partial charge on any atom is 0.143 e. The Kier molecular flexibility index (Phi) is 2.54. The first kappa shape index (κ1) is 9.90. The minimum absolute atomic E-state index is 0.267. The second-order valence-corrected chi connectivity index (χ2v) is 3.47. The van der Waals surface area contributed by atoms with E-state index >= 15 is 0 Å². The summed E-state index contributed by atoms with van der Waals surface area (Å²) in [6.07, 6.45) is 0. The van der Waals surface area contributed by atoms with Crippen LogP contribution in [0.2, 0.25) is 0 Å². The van der Waals surface area contributed by atoms with Crippen molar-refractivity contribution in [3.63, 3.8) is 0 Å². The van der Waals surface area contributed by atoms with Crippen molar-refractivity contribution in [2.24, 2.45) is 0 Å². The molecule has 15 heavy (non-hydrogen) atoms. The van der Waals surface area contributed by atoms with Gasteiger partial charge in [-0.15, -0.1) is 0 Å². The van der Waals surface area contributed by atoms with E-state index in [1.807, 2.05) is 0 Å². The minimum atomic E-state index is -0.312. The third kappa shape index (κ3) is 2.06. The topological polar surface area (TPSA) is 0 Å². The van der Waals surface area contributed by atoms with Crippen LogP contribution in [-0.2, 0) is 0 Å². The van der Waals surface area contributed by atoms with Crippen molar-refractivity contribution in [1.82, 2.24) is 0 Å². The molecule has 0 saturated carbocycles. The first-order valence-corrected chi connectivity index (χ1v) is 4.69. The average Bonchev–Trinajstić information content (AvgIpc) is 2.22. The van der Waals surface area contributed by atoms with Crippen LogP contribution in [0.1, 0.15) is 0 Å². The van der Waals surface area contributed by atoms with Gasteiger partial charge in [0.15, 0.2) is 0 Å². The summed E-state index contributed by atoms with van der Waals surface area (Å²) in [6, 6.07) is 11.0. The van der Waals surface area contributed by atoms with Crippen LogP contribution in [0, 0.1) is 11.6 Å². The van der Waals surface area contributed by atoms with E-state index in [0.29, 0.717) is 16.6 Å². The number of benzene rings is 2. The third-order valence-corrected chi connectivity index (χ3v) is 2.33. The lowest BCUT2D eigenvalue weighted by molar-refractivity contribution is 0.628. The van der Waals surface area contributed by atoms with Crippen molar-refractivity contribution in [1.29, 1.82) is 0 Å². The molecule has 0 heterocycles. The molecule has 0 unspecified atom stereocenters. The molecular formula is C12H9BF2. The Bertz CT molecular complexity index is 495. The van der Waals surface area contributed by atoms with Gasteiger partial charge in [0.25, 0.3) is 0 Å². The van der Waals surface area contributed by atoms with E-state index < -0.39 is 0 Å². The quantitative estimate of drug-likeness (QED) is 0.619. The number of halogens is 2. The molecule has 0 aliphatic rings. The number of hydrogen-bond acceptors (Lipinski definition) is 0. The summed E-state index contributed by atoms with van der Waals surface area (Å²) in [5, 5.41) is 0. The maximum absolute atomic E-state index is 13.3. The van der Waals surface area contributed by atoms with E-state index in [1.54, 1.807) is 32.1 Å². The SMILES string of the molecule is Bc1ccc(-c2cccc(F)c2)cc1F. The van der Waals surface area contributed by atoms with Gasteiger partial charge < -0.3 is 0 Å². The summed E-state index contributed by atoms with van der Waals surface area (Å²) < 4.78 is 26.2. The van der Waals surface area contributed by atoms with Crippen molar-refractivity contribution in [3.05, 3.63) is 54.1 Å². The first-order chi connectivity index (χ1) is 7.16. The van der Waals surface area contributed by atoms with Gasteiger partial charge in [-0.25, -0.2) is 8.78 Å². The Morgan fingerprint density at radius 2 is 1.60 bits per heavy atom. The van der Waals surface area contributed by atoms with Crippen LogP contribution in [0.5, 0.6) is 0 Å². The molecule has 0 spiro atoms. The summed E-state index contributed by atoms with van der Waals surface area (Å²) >= 11 is 0. The van der Waals surface area contributed by atoms with Crippen molar-refractivity contribution in [3.8, 4) is 11.1 Å². The molecule has 0 fully saturated rings. The Morgan fingerprint density at radius 3 is 2.27 bits per heavy atom. The van der Waals surface area contributed by atoms with Crippen LogP contribution in [0.4, 0.5) is 8.78 Å². The highest BCUT2D eigenvalue weighted by molar-refractivity contribution is 6.32. The second kappa shape index (κ2) is 3.85. The lowest BCUT2D eigenvalue weighted by Gasteiger charge is -2.03. The highest BCUT2D eigenvalue weighted by Gasteiger charge is 2.02. The molecule has 74 valence electrons. The molecule has 2 aromatic rings. The van der Waals surface area contributed by atoms with Gasteiger partial charge in [-0.2, -0.15) is 0 Å². The Hall–Kier alpha value is -1.64. The molecule has 0 N–H and O–H groups in total. The molecule has 0 aromatic heterocycles. The van der Waals surface area contributed by atoms with Gasteiger partial charge in [0, 0.05) is 0 Å². The monoisotopic (exact) mass is 202 g/mol. The summed E-state index contributed by atoms with van der Waals surface area (Å²) in [5.74, 6) is -0.578. The Morgan fingerprint density at radius 1 is 0.867 bits per heavy atom. The smallest absolute Gasteiger partial charge is 0.143 e. The van der Waals surface area contributed by atoms with Crippen molar-refractivity contribution >= 4 is 13.3 Å². The molecular weight excluding hydrogens is 193 g/mol. The van der Waals surface area contributed by atoms with E-state index in [0.717, 1.165) is 0 Å². The zero-order valence-corrected chi connectivity index (χ0v) is 8.30. The van der Waals surface area contributed by atoms with E-state index in [9.17, 15) is 8.78 Å². The fourth-order valence-electron chi connectivity index (χ4n) is 1.44. The van der Waals surface area contributed by atoms with Crippen molar-refractivity contribution in [2.75, 3.05) is 0 Å². The predicted molar refractivity (Wildman–Crippen MR) is 60.0 cm³/mol. The van der Waals surface area contributed by atoms with Gasteiger partial charge in [-0.3, -0.25) is 0 Å². The van der Waals surface area contributed by atoms with Gasteiger partial charge >= 0.3 is 0 Å². The summed E-state index contributed by atoms with van der Waals surface area (Å²) in [4.78, 5) is 0. The summed E-state index contributed by atoms with van der Waals surface area (Å²) in [6.45, 7) is 0. The Balaban J connectivity index is 2.50. The van der Waals surface area contributed by atoms with E-state index in [1.165, 1.54) is 18.2 Å². The van der Waals surface area contributed by atoms with E-state index in [4.69, 9.17) is 0 Å². The van der Waals surface area contributed by atoms with Crippen molar-refractivity contribution < 1.29 is 8.78 Å². The molecule has 0 aliphatic heterocycles. The Labute approximate surface area is 88.0 Å². The van der Waals surface area contributed by atoms with Gasteiger partial charge in [0.1, 0.15) is 19.5 Å². The van der Waals surface area contributed by atoms with Crippen LogP contribution in [-0.4, -0.2) is 7.85 Å². The predicted octanol–water partition coefficient (Wildman–Crippen LogP) is 1.89. The normalized spacial score (nSPS) is 10.3. The zero-order chi connectivity index (χ0) is 10.8. The van der Waals surface area contributed by atoms with Crippen LogP contribution < -0.4 is 5.46 Å². The molecule has 0 amide bonds. The molecule has 0 bridgehead atoms. The lowest BCUT2D eigenvalue weighted by atomic mass is 9.93. The average molecular weight is 202 g/mol. The second-order valence-electron chi connectivity index (χ2n) is 3.47. The lowest BCUT2D eigenvalue weighted by Crippen LogP contribution is -2.07. The molecule has 0 aliphatic carbocycles. The van der Waals surface area contributed by atoms with Crippen LogP contribution in [0.15, 0.2) is 42.5 Å². The van der Waals surface area contributed by atoms with Crippen LogP contribution in [0.3, 0.4) is 0 Å². The van der Waals surface area contributed by atoms with Gasteiger partial charge in [0.2, 0.25) is 0 Å². The molecule has 0 saturated heterocycles. The van der Waals surface area contributed by atoms with Gasteiger partial charge in [0.05, 0.1) is 0 Å². The van der Waals surface area contributed by atoms with E-state index in [2.05, 4.69) is 0 Å². The highest BCUT2D eigenvalue weighted by Crippen LogP contribution is 2.19. The van der Waals surface area contributed by atoms with Crippen LogP contribution >= 0.6 is 0 Å². The fourth-order valence-corrected chi connectivity index (χ4v) is 1.44. The summed E-state index contributed by atoms with van der Waals surface area (Å²) in [7, 11) is 1.70. The standard InChI is InChI=1S/C12H9BF2/c13-11-5-4-9(7-12(11)15)8-2-1-3-10(14)6-8/h1-7H,13H2. The summed E-state index contributed by atoms with van der Waals surface area (Å²) in [5.41, 5.74) is 1.97. The molecule has 2 rings (SSSR count). The maximum atomic E-state index is 13.3. The first-order valence-electron chi connectivity index (χ1n) is 4.69. The molecule has 3 heteroatoms. The largest absolute Gasteiger partial charge is 0.208 e. The molecule has 2 aromatic carbocycles. The van der Waals surface area contributed by atoms with Gasteiger partial charge in [-0.05, 0) is 29.3 Å². The van der Waals surface area contributed by atoms with Crippen molar-refractivity contribution in [2.45, 2.75) is 0 Å². The van der Waals surface area contributed by atoms with Crippen LogP contribution in [0.25, 0.3) is 11.1 Å². The van der Waals surface area contributed by atoms with E-state index in [-0.39, 0.29) is 11.6 Å². The molecule has 0 atom stereocenters. The fraction of sp³-hybridized carbons (Fsp3) is 0. The number of hydrogen-bond donors (Lipinski definition) is 0.